The highest BCUT2D eigenvalue weighted by Gasteiger charge is 2.67. The summed E-state index contributed by atoms with van der Waals surface area (Å²) in [5.41, 5.74) is 0.868. The molecule has 4 fully saturated rings. The number of carbonyl (C=O) groups is 1. The van der Waals surface area contributed by atoms with Crippen molar-refractivity contribution in [1.82, 2.24) is 15.5 Å². The zero-order valence-corrected chi connectivity index (χ0v) is 16.5. The van der Waals surface area contributed by atoms with Gasteiger partial charge in [0.05, 0.1) is 6.61 Å². The van der Waals surface area contributed by atoms with Crippen molar-refractivity contribution < 1.29 is 9.90 Å². The number of hydrogen-bond acceptors (Lipinski definition) is 4. The Morgan fingerprint density at radius 3 is 2.85 bits per heavy atom. The van der Waals surface area contributed by atoms with Crippen LogP contribution < -0.4 is 10.6 Å². The van der Waals surface area contributed by atoms with Crippen LogP contribution in [0.25, 0.3) is 0 Å². The van der Waals surface area contributed by atoms with Crippen molar-refractivity contribution in [1.29, 1.82) is 0 Å². The molecule has 27 heavy (non-hydrogen) atoms. The molecule has 1 aromatic rings. The Morgan fingerprint density at radius 2 is 2.15 bits per heavy atom. The van der Waals surface area contributed by atoms with E-state index >= 15 is 0 Å². The number of piperidine rings is 2. The van der Waals surface area contributed by atoms with Crippen LogP contribution in [0.2, 0.25) is 0 Å². The van der Waals surface area contributed by atoms with Crippen molar-refractivity contribution in [2.24, 2.45) is 23.7 Å². The molecule has 1 amide bonds. The number of amides is 1. The molecule has 1 aromatic carbocycles. The van der Waals surface area contributed by atoms with Gasteiger partial charge in [0.1, 0.15) is 5.54 Å². The van der Waals surface area contributed by atoms with Gasteiger partial charge in [-0.2, -0.15) is 0 Å². The fourth-order valence-electron chi connectivity index (χ4n) is 6.06. The van der Waals surface area contributed by atoms with Crippen LogP contribution in [0, 0.1) is 23.7 Å². The van der Waals surface area contributed by atoms with Gasteiger partial charge in [-0.3, -0.25) is 9.69 Å². The molecule has 1 aliphatic carbocycles. The zero-order chi connectivity index (χ0) is 19.0. The first kappa shape index (κ1) is 18.9. The summed E-state index contributed by atoms with van der Waals surface area (Å²) in [4.78, 5) is 15.9. The maximum absolute atomic E-state index is 13.3. The molecule has 5 atom stereocenters. The van der Waals surface area contributed by atoms with Gasteiger partial charge < -0.3 is 15.7 Å². The van der Waals surface area contributed by atoms with Crippen molar-refractivity contribution in [2.45, 2.75) is 38.3 Å². The maximum atomic E-state index is 13.3. The summed E-state index contributed by atoms with van der Waals surface area (Å²) < 4.78 is 0. The Morgan fingerprint density at radius 1 is 1.37 bits per heavy atom. The lowest BCUT2D eigenvalue weighted by Crippen LogP contribution is -2.76. The number of carbonyl (C=O) groups excluding carboxylic acids is 1. The second-order valence-electron chi connectivity index (χ2n) is 9.07. The molecule has 4 aliphatic rings. The van der Waals surface area contributed by atoms with E-state index in [1.54, 1.807) is 0 Å². The smallest absolute Gasteiger partial charge is 0.242 e. The molecular formula is C22H33N3O2. The number of nitrogens with one attached hydrogen (secondary N) is 2. The molecule has 4 bridgehead atoms. The van der Waals surface area contributed by atoms with Crippen molar-refractivity contribution >= 4 is 5.91 Å². The third-order valence-corrected chi connectivity index (χ3v) is 6.90. The standard InChI is InChI=1S/C22H33N3O2/c1-15(2)13-25-14-18-11-17-12-24-22(18,21(27)23-8-9-26)20(25)19(17)10-16-6-4-3-5-7-16/h3-7,15,17-20,24,26H,8-14H2,1-2H3,(H,23,27). The van der Waals surface area contributed by atoms with Gasteiger partial charge >= 0.3 is 0 Å². The first-order valence-corrected chi connectivity index (χ1v) is 10.5. The Labute approximate surface area is 162 Å². The SMILES string of the molecule is CC(C)CN1CC2CC3CNC2(C(=O)NCCO)C1C3Cc1ccccc1. The number of likely N-dealkylation sites (tertiary alicyclic amines) is 1. The first-order valence-electron chi connectivity index (χ1n) is 10.5. The average Bonchev–Trinajstić information content (AvgIpc) is 2.91. The highest BCUT2D eigenvalue weighted by Crippen LogP contribution is 2.53. The molecule has 5 unspecified atom stereocenters. The lowest BCUT2D eigenvalue weighted by atomic mass is 9.58. The van der Waals surface area contributed by atoms with Gasteiger partial charge in [0, 0.05) is 31.6 Å². The molecule has 0 spiro atoms. The lowest BCUT2D eigenvalue weighted by Gasteiger charge is -2.56. The van der Waals surface area contributed by atoms with E-state index in [-0.39, 0.29) is 18.6 Å². The highest BCUT2D eigenvalue weighted by atomic mass is 16.3. The summed E-state index contributed by atoms with van der Waals surface area (Å²) in [5.74, 6) is 2.16. The number of hydrogen-bond donors (Lipinski definition) is 3. The van der Waals surface area contributed by atoms with Crippen molar-refractivity contribution in [3.05, 3.63) is 35.9 Å². The highest BCUT2D eigenvalue weighted by molar-refractivity contribution is 5.89. The topological polar surface area (TPSA) is 64.6 Å². The van der Waals surface area contributed by atoms with Gasteiger partial charge in [0.2, 0.25) is 5.91 Å². The molecule has 5 rings (SSSR count). The Balaban J connectivity index is 1.67. The van der Waals surface area contributed by atoms with Crippen LogP contribution in [0.3, 0.4) is 0 Å². The molecule has 148 valence electrons. The predicted molar refractivity (Wildman–Crippen MR) is 106 cm³/mol. The average molecular weight is 372 g/mol. The van der Waals surface area contributed by atoms with Gasteiger partial charge in [-0.1, -0.05) is 44.2 Å². The molecular weight excluding hydrogens is 338 g/mol. The fraction of sp³-hybridized carbons (Fsp3) is 0.682. The molecule has 3 saturated heterocycles. The summed E-state index contributed by atoms with van der Waals surface area (Å²) in [6.07, 6.45) is 2.16. The summed E-state index contributed by atoms with van der Waals surface area (Å²) in [6.45, 7) is 7.81. The van der Waals surface area contributed by atoms with Crippen LogP contribution in [-0.4, -0.2) is 60.3 Å². The molecule has 0 aromatic heterocycles. The second kappa shape index (κ2) is 7.53. The molecule has 3 N–H and O–H groups in total. The van der Waals surface area contributed by atoms with Crippen LogP contribution >= 0.6 is 0 Å². The number of aliphatic hydroxyl groups excluding tert-OH is 1. The minimum atomic E-state index is -0.502. The van der Waals surface area contributed by atoms with Gasteiger partial charge in [-0.25, -0.2) is 0 Å². The molecule has 0 radical (unpaired) electrons. The van der Waals surface area contributed by atoms with Crippen LogP contribution in [0.1, 0.15) is 25.8 Å². The molecule has 5 heteroatoms. The van der Waals surface area contributed by atoms with Crippen LogP contribution in [0.5, 0.6) is 0 Å². The summed E-state index contributed by atoms with van der Waals surface area (Å²) in [5, 5.41) is 15.9. The van der Waals surface area contributed by atoms with E-state index in [2.05, 4.69) is 59.7 Å². The summed E-state index contributed by atoms with van der Waals surface area (Å²) in [7, 11) is 0. The van der Waals surface area contributed by atoms with Crippen molar-refractivity contribution in [2.75, 3.05) is 32.8 Å². The number of nitrogens with zero attached hydrogens (tertiary/aromatic N) is 1. The maximum Gasteiger partial charge on any atom is 0.242 e. The van der Waals surface area contributed by atoms with Gasteiger partial charge in [-0.05, 0) is 42.7 Å². The summed E-state index contributed by atoms with van der Waals surface area (Å²) >= 11 is 0. The van der Waals surface area contributed by atoms with Gasteiger partial charge in [-0.15, -0.1) is 0 Å². The number of fused-ring (bicyclic) bond motifs is 1. The number of aliphatic hydroxyl groups is 1. The van der Waals surface area contributed by atoms with Crippen LogP contribution in [0.15, 0.2) is 30.3 Å². The van der Waals surface area contributed by atoms with E-state index in [0.29, 0.717) is 30.2 Å². The zero-order valence-electron chi connectivity index (χ0n) is 16.5. The van der Waals surface area contributed by atoms with Crippen LogP contribution in [-0.2, 0) is 11.2 Å². The van der Waals surface area contributed by atoms with E-state index in [0.717, 1.165) is 32.5 Å². The normalized spacial score (nSPS) is 35.0. The Kier molecular flexibility index (Phi) is 5.28. The van der Waals surface area contributed by atoms with Crippen LogP contribution in [0.4, 0.5) is 0 Å². The Hall–Kier alpha value is -1.43. The monoisotopic (exact) mass is 371 g/mol. The summed E-state index contributed by atoms with van der Waals surface area (Å²) in [6, 6.07) is 11.0. The first-order chi connectivity index (χ1) is 13.1. The van der Waals surface area contributed by atoms with Gasteiger partial charge in [0.25, 0.3) is 0 Å². The molecule has 3 heterocycles. The van der Waals surface area contributed by atoms with E-state index in [9.17, 15) is 9.90 Å². The van der Waals surface area contributed by atoms with E-state index in [1.165, 1.54) is 5.56 Å². The largest absolute Gasteiger partial charge is 0.395 e. The van der Waals surface area contributed by atoms with E-state index in [1.807, 2.05) is 0 Å². The third kappa shape index (κ3) is 3.20. The van der Waals surface area contributed by atoms with Crippen molar-refractivity contribution in [3.63, 3.8) is 0 Å². The fourth-order valence-corrected chi connectivity index (χ4v) is 6.06. The third-order valence-electron chi connectivity index (χ3n) is 6.90. The lowest BCUT2D eigenvalue weighted by molar-refractivity contribution is -0.138. The van der Waals surface area contributed by atoms with Gasteiger partial charge in [0.15, 0.2) is 0 Å². The number of benzene rings is 1. The second-order valence-corrected chi connectivity index (χ2v) is 9.07. The van der Waals surface area contributed by atoms with E-state index in [4.69, 9.17) is 0 Å². The van der Waals surface area contributed by atoms with E-state index < -0.39 is 5.54 Å². The minimum Gasteiger partial charge on any atom is -0.395 e. The molecule has 5 nitrogen and oxygen atoms in total. The predicted octanol–water partition coefficient (Wildman–Crippen LogP) is 1.27. The van der Waals surface area contributed by atoms with Crippen molar-refractivity contribution in [3.8, 4) is 0 Å². The quantitative estimate of drug-likeness (QED) is 0.675. The Bertz CT molecular complexity index is 665. The molecule has 3 aliphatic heterocycles. The minimum absolute atomic E-state index is 0.0110. The number of rotatable bonds is 7. The molecule has 1 saturated carbocycles.